The van der Waals surface area contributed by atoms with Crippen LogP contribution in [0, 0.1) is 0 Å². The van der Waals surface area contributed by atoms with Gasteiger partial charge in [-0.1, -0.05) is 48.5 Å². The zero-order valence-corrected chi connectivity index (χ0v) is 21.5. The van der Waals surface area contributed by atoms with Gasteiger partial charge in [0.25, 0.3) is 0 Å². The van der Waals surface area contributed by atoms with Gasteiger partial charge >= 0.3 is 6.03 Å². The molecule has 1 aliphatic heterocycles. The third-order valence-corrected chi connectivity index (χ3v) is 8.10. The van der Waals surface area contributed by atoms with Crippen LogP contribution >= 0.6 is 0 Å². The Morgan fingerprint density at radius 3 is 2.59 bits per heavy atom. The van der Waals surface area contributed by atoms with Crippen molar-refractivity contribution in [1.29, 1.82) is 0 Å². The van der Waals surface area contributed by atoms with Crippen molar-refractivity contribution in [2.75, 3.05) is 12.4 Å². The maximum absolute atomic E-state index is 13.4. The Kier molecular flexibility index (Phi) is 6.82. The van der Waals surface area contributed by atoms with E-state index in [9.17, 15) is 13.2 Å². The fourth-order valence-corrected chi connectivity index (χ4v) is 5.91. The van der Waals surface area contributed by atoms with E-state index in [1.54, 1.807) is 6.07 Å². The molecule has 9 heteroatoms. The van der Waals surface area contributed by atoms with Crippen LogP contribution in [0.15, 0.2) is 88.5 Å². The predicted octanol–water partition coefficient (Wildman–Crippen LogP) is 5.14. The van der Waals surface area contributed by atoms with Crippen LogP contribution in [0.1, 0.15) is 35.2 Å². The van der Waals surface area contributed by atoms with Gasteiger partial charge in [-0.3, -0.25) is 4.90 Å². The Morgan fingerprint density at radius 2 is 1.84 bits per heavy atom. The summed E-state index contributed by atoms with van der Waals surface area (Å²) in [7, 11) is -1.63. The molecule has 37 heavy (non-hydrogen) atoms. The summed E-state index contributed by atoms with van der Waals surface area (Å²) in [6.07, 6.45) is 2.87. The molecule has 3 aromatic carbocycles. The number of nitrogens with zero attached hydrogens (tertiary/aromatic N) is 2. The molecule has 0 bridgehead atoms. The second kappa shape index (κ2) is 10.2. The standard InChI is InChI=1S/C28H28N4O4S/c1-19(21-6-4-3-5-7-21)30-28(33)31-26-11-10-24(15-25(26)27-29-12-13-36-27)37(34,35)18-20-8-9-22-16-32(2)17-23(22)14-20/h3-15,19H,16-18H2,1-2H3,(H2,30,31,33). The highest BCUT2D eigenvalue weighted by molar-refractivity contribution is 7.90. The van der Waals surface area contributed by atoms with Gasteiger partial charge in [0.15, 0.2) is 9.84 Å². The van der Waals surface area contributed by atoms with Crippen LogP contribution in [0.25, 0.3) is 11.5 Å². The first-order chi connectivity index (χ1) is 17.8. The maximum atomic E-state index is 13.4. The molecule has 5 rings (SSSR count). The minimum atomic E-state index is -3.67. The van der Waals surface area contributed by atoms with E-state index >= 15 is 0 Å². The molecule has 0 saturated carbocycles. The summed E-state index contributed by atoms with van der Waals surface area (Å²) in [4.78, 5) is 19.3. The van der Waals surface area contributed by atoms with Crippen molar-refractivity contribution < 1.29 is 17.6 Å². The number of carbonyl (C=O) groups excluding carboxylic acids is 1. The Balaban J connectivity index is 1.38. The Labute approximate surface area is 216 Å². The first-order valence-electron chi connectivity index (χ1n) is 12.0. The third kappa shape index (κ3) is 5.58. The highest BCUT2D eigenvalue weighted by atomic mass is 32.2. The molecule has 8 nitrogen and oxygen atoms in total. The van der Waals surface area contributed by atoms with Gasteiger partial charge in [0.2, 0.25) is 5.89 Å². The summed E-state index contributed by atoms with van der Waals surface area (Å²) in [5, 5.41) is 5.71. The van der Waals surface area contributed by atoms with Crippen LogP contribution in [0.5, 0.6) is 0 Å². The molecule has 1 aliphatic rings. The van der Waals surface area contributed by atoms with Crippen molar-refractivity contribution in [2.24, 2.45) is 0 Å². The maximum Gasteiger partial charge on any atom is 0.319 e. The van der Waals surface area contributed by atoms with E-state index in [1.165, 1.54) is 30.2 Å². The van der Waals surface area contributed by atoms with Crippen molar-refractivity contribution in [2.45, 2.75) is 36.7 Å². The third-order valence-electron chi connectivity index (χ3n) is 6.42. The zero-order valence-electron chi connectivity index (χ0n) is 20.6. The molecule has 0 aliphatic carbocycles. The molecule has 1 aromatic heterocycles. The van der Waals surface area contributed by atoms with E-state index in [4.69, 9.17) is 4.42 Å². The number of nitrogens with one attached hydrogen (secondary N) is 2. The molecule has 2 N–H and O–H groups in total. The number of sulfone groups is 1. The van der Waals surface area contributed by atoms with Crippen LogP contribution in [0.2, 0.25) is 0 Å². The van der Waals surface area contributed by atoms with Crippen LogP contribution in [-0.2, 0) is 28.7 Å². The van der Waals surface area contributed by atoms with Crippen LogP contribution < -0.4 is 10.6 Å². The topological polar surface area (TPSA) is 105 Å². The second-order valence-electron chi connectivity index (χ2n) is 9.31. The number of hydrogen-bond acceptors (Lipinski definition) is 6. The first-order valence-corrected chi connectivity index (χ1v) is 13.6. The minimum absolute atomic E-state index is 0.127. The van der Waals surface area contributed by atoms with E-state index < -0.39 is 15.9 Å². The number of aromatic nitrogens is 1. The van der Waals surface area contributed by atoms with Crippen LogP contribution in [-0.4, -0.2) is 31.4 Å². The largest absolute Gasteiger partial charge is 0.444 e. The number of amides is 2. The lowest BCUT2D eigenvalue weighted by Gasteiger charge is -2.16. The summed E-state index contributed by atoms with van der Waals surface area (Å²) < 4.78 is 32.2. The quantitative estimate of drug-likeness (QED) is 0.352. The number of oxazole rings is 1. The van der Waals surface area contributed by atoms with Gasteiger partial charge in [-0.25, -0.2) is 18.2 Å². The van der Waals surface area contributed by atoms with E-state index in [2.05, 4.69) is 20.5 Å². The normalized spacial score (nSPS) is 14.2. The second-order valence-corrected chi connectivity index (χ2v) is 11.3. The monoisotopic (exact) mass is 516 g/mol. The van der Waals surface area contributed by atoms with Gasteiger partial charge < -0.3 is 15.1 Å². The van der Waals surface area contributed by atoms with E-state index in [0.29, 0.717) is 11.3 Å². The number of anilines is 1. The van der Waals surface area contributed by atoms with Gasteiger partial charge in [0.05, 0.1) is 34.1 Å². The SMILES string of the molecule is CC(NC(=O)Nc1ccc(S(=O)(=O)Cc2ccc3c(c2)CN(C)C3)cc1-c1ncco1)c1ccccc1. The summed E-state index contributed by atoms with van der Waals surface area (Å²) in [5.41, 5.74) is 4.85. The molecule has 4 aromatic rings. The van der Waals surface area contributed by atoms with Crippen molar-refractivity contribution >= 4 is 21.6 Å². The van der Waals surface area contributed by atoms with Gasteiger partial charge in [-0.2, -0.15) is 0 Å². The first kappa shape index (κ1) is 24.7. The molecular formula is C28H28N4O4S. The van der Waals surface area contributed by atoms with E-state index in [1.807, 2.05) is 62.5 Å². The van der Waals surface area contributed by atoms with Gasteiger partial charge in [0.1, 0.15) is 6.26 Å². The van der Waals surface area contributed by atoms with E-state index in [-0.39, 0.29) is 22.6 Å². The fourth-order valence-electron chi connectivity index (χ4n) is 4.55. The molecule has 2 heterocycles. The number of carbonyl (C=O) groups is 1. The minimum Gasteiger partial charge on any atom is -0.444 e. The number of fused-ring (bicyclic) bond motifs is 1. The Bertz CT molecular complexity index is 1520. The van der Waals surface area contributed by atoms with Crippen LogP contribution in [0.3, 0.4) is 0 Å². The summed E-state index contributed by atoms with van der Waals surface area (Å²) in [6, 6.07) is 19.4. The molecule has 0 radical (unpaired) electrons. The molecular weight excluding hydrogens is 488 g/mol. The smallest absolute Gasteiger partial charge is 0.319 e. The molecule has 190 valence electrons. The van der Waals surface area contributed by atoms with Gasteiger partial charge in [-0.15, -0.1) is 0 Å². The fraction of sp³-hybridized carbons (Fsp3) is 0.214. The number of hydrogen-bond donors (Lipinski definition) is 2. The number of urea groups is 1. The summed E-state index contributed by atoms with van der Waals surface area (Å²) in [6.45, 7) is 3.56. The molecule has 2 amide bonds. The number of benzene rings is 3. The van der Waals surface area contributed by atoms with Crippen LogP contribution in [0.4, 0.5) is 10.5 Å². The average molecular weight is 517 g/mol. The lowest BCUT2D eigenvalue weighted by molar-refractivity contribution is 0.249. The molecule has 1 unspecified atom stereocenters. The predicted molar refractivity (Wildman–Crippen MR) is 141 cm³/mol. The van der Waals surface area contributed by atoms with Gasteiger partial charge in [0, 0.05) is 13.1 Å². The van der Waals surface area contributed by atoms with E-state index in [0.717, 1.165) is 29.8 Å². The molecule has 0 fully saturated rings. The lowest BCUT2D eigenvalue weighted by Crippen LogP contribution is -2.31. The van der Waals surface area contributed by atoms with Crippen molar-refractivity contribution in [3.63, 3.8) is 0 Å². The van der Waals surface area contributed by atoms with Crippen molar-refractivity contribution in [3.8, 4) is 11.5 Å². The van der Waals surface area contributed by atoms with Gasteiger partial charge in [-0.05, 0) is 54.4 Å². The molecule has 1 atom stereocenters. The summed E-state index contributed by atoms with van der Waals surface area (Å²) >= 11 is 0. The molecule has 0 spiro atoms. The lowest BCUT2D eigenvalue weighted by atomic mass is 10.1. The average Bonchev–Trinajstić information content (AvgIpc) is 3.53. The zero-order chi connectivity index (χ0) is 26.0. The molecule has 0 saturated heterocycles. The Hall–Kier alpha value is -3.95. The highest BCUT2D eigenvalue weighted by Crippen LogP contribution is 2.31. The number of rotatable bonds is 7. The Morgan fingerprint density at radius 1 is 1.05 bits per heavy atom. The highest BCUT2D eigenvalue weighted by Gasteiger charge is 2.22. The summed E-state index contributed by atoms with van der Waals surface area (Å²) in [5.74, 6) is 0.0840. The van der Waals surface area contributed by atoms with Crippen molar-refractivity contribution in [3.05, 3.63) is 101 Å². The van der Waals surface area contributed by atoms with Crippen molar-refractivity contribution in [1.82, 2.24) is 15.2 Å².